The van der Waals surface area contributed by atoms with E-state index in [2.05, 4.69) is 31.2 Å². The molecule has 1 N–H and O–H groups in total. The van der Waals surface area contributed by atoms with Crippen molar-refractivity contribution in [2.45, 2.75) is 136 Å². The Hall–Kier alpha value is -0.120. The lowest BCUT2D eigenvalue weighted by Crippen LogP contribution is -2.54. The van der Waals surface area contributed by atoms with Crippen LogP contribution in [0.4, 0.5) is 0 Å². The second-order valence-electron chi connectivity index (χ2n) is 10.3. The van der Waals surface area contributed by atoms with Gasteiger partial charge in [-0.2, -0.15) is 5.43 Å². The number of likely N-dealkylation sites (N-methyl/N-ethyl adjacent to an activating group) is 1. The monoisotopic (exact) mass is 424 g/mol. The molecule has 1 fully saturated rings. The van der Waals surface area contributed by atoms with Crippen LogP contribution < -0.4 is 5.43 Å². The topological polar surface area (TPSA) is 15.3 Å². The minimum absolute atomic E-state index is 1.06. The normalized spacial score (nSPS) is 19.7. The molecule has 1 aliphatic rings. The predicted molar refractivity (Wildman–Crippen MR) is 135 cm³/mol. The highest BCUT2D eigenvalue weighted by molar-refractivity contribution is 4.60. The molecule has 0 aliphatic carbocycles. The van der Waals surface area contributed by atoms with E-state index in [9.17, 15) is 0 Å². The highest BCUT2D eigenvalue weighted by atomic mass is 15.7. The van der Waals surface area contributed by atoms with Crippen molar-refractivity contribution in [3.05, 3.63) is 0 Å². The molecule has 0 aromatic carbocycles. The van der Waals surface area contributed by atoms with E-state index in [1.54, 1.807) is 0 Å². The van der Waals surface area contributed by atoms with Crippen molar-refractivity contribution >= 4 is 0 Å². The first kappa shape index (κ1) is 27.9. The average Bonchev–Trinajstić information content (AvgIpc) is 3.12. The molecule has 0 bridgehead atoms. The molecule has 1 aliphatic heterocycles. The Bertz CT molecular complexity index is 360. The maximum atomic E-state index is 3.77. The lowest BCUT2D eigenvalue weighted by molar-refractivity contribution is -0.945. The average molecular weight is 425 g/mol. The third kappa shape index (κ3) is 15.6. The Morgan fingerprint density at radius 2 is 1.03 bits per heavy atom. The van der Waals surface area contributed by atoms with Gasteiger partial charge in [-0.05, 0) is 12.8 Å². The molecule has 30 heavy (non-hydrogen) atoms. The third-order valence-corrected chi connectivity index (χ3v) is 7.02. The molecule has 3 heteroatoms. The summed E-state index contributed by atoms with van der Waals surface area (Å²) in [5.74, 6) is 0. The number of unbranched alkanes of at least 4 members (excludes halogenated alkanes) is 17. The summed E-state index contributed by atoms with van der Waals surface area (Å²) in [6, 6.07) is 0. The zero-order chi connectivity index (χ0) is 21.8. The minimum atomic E-state index is 1.06. The van der Waals surface area contributed by atoms with Gasteiger partial charge in [-0.1, -0.05) is 123 Å². The van der Waals surface area contributed by atoms with Crippen LogP contribution in [0.2, 0.25) is 0 Å². The Balaban J connectivity index is 1.80. The Kier molecular flexibility index (Phi) is 18.2. The molecule has 1 rings (SSSR count). The predicted octanol–water partition coefficient (Wildman–Crippen LogP) is 7.66. The molecule has 1 atom stereocenters. The van der Waals surface area contributed by atoms with Gasteiger partial charge in [0.1, 0.15) is 6.54 Å². The second-order valence-corrected chi connectivity index (χ2v) is 10.3. The van der Waals surface area contributed by atoms with Gasteiger partial charge in [0.15, 0.2) is 6.67 Å². The fourth-order valence-electron chi connectivity index (χ4n) is 4.86. The van der Waals surface area contributed by atoms with Crippen LogP contribution in [0.5, 0.6) is 0 Å². The van der Waals surface area contributed by atoms with E-state index < -0.39 is 0 Å². The van der Waals surface area contributed by atoms with Crippen molar-refractivity contribution < 1.29 is 4.59 Å². The van der Waals surface area contributed by atoms with Crippen LogP contribution in [0.3, 0.4) is 0 Å². The van der Waals surface area contributed by atoms with Gasteiger partial charge in [0.25, 0.3) is 0 Å². The molecule has 0 amide bonds. The van der Waals surface area contributed by atoms with E-state index in [4.69, 9.17) is 0 Å². The molecular weight excluding hydrogens is 366 g/mol. The van der Waals surface area contributed by atoms with Gasteiger partial charge in [-0.25, -0.2) is 9.49 Å². The van der Waals surface area contributed by atoms with Crippen LogP contribution in [0.1, 0.15) is 136 Å². The zero-order valence-corrected chi connectivity index (χ0v) is 21.4. The molecule has 0 aromatic heterocycles. The standard InChI is InChI=1S/C27H58N3/c1-4-6-8-9-10-11-12-13-14-15-16-17-18-19-20-22-24-29-25-26-30(3,27-29)28-23-21-7-5-2/h28H,4-27H2,1-3H3/q+1. The molecular formula is C27H58N3+. The number of rotatable bonds is 22. The highest BCUT2D eigenvalue weighted by Crippen LogP contribution is 2.15. The van der Waals surface area contributed by atoms with Crippen LogP contribution in [-0.4, -0.2) is 49.4 Å². The van der Waals surface area contributed by atoms with Gasteiger partial charge in [-0.15, -0.1) is 0 Å². The minimum Gasteiger partial charge on any atom is -0.249 e. The number of quaternary nitrogens is 1. The molecule has 0 aromatic rings. The number of nitrogens with zero attached hydrogens (tertiary/aromatic N) is 2. The lowest BCUT2D eigenvalue weighted by Gasteiger charge is -2.29. The van der Waals surface area contributed by atoms with E-state index in [-0.39, 0.29) is 0 Å². The van der Waals surface area contributed by atoms with Crippen molar-refractivity contribution in [1.82, 2.24) is 10.3 Å². The van der Waals surface area contributed by atoms with Crippen LogP contribution in [-0.2, 0) is 0 Å². The maximum absolute atomic E-state index is 3.77. The van der Waals surface area contributed by atoms with E-state index >= 15 is 0 Å². The highest BCUT2D eigenvalue weighted by Gasteiger charge is 2.32. The summed E-state index contributed by atoms with van der Waals surface area (Å²) in [6.45, 7) is 10.8. The number of hydrogen-bond donors (Lipinski definition) is 1. The number of hydrogen-bond acceptors (Lipinski definition) is 2. The first-order valence-corrected chi connectivity index (χ1v) is 14.0. The molecule has 0 spiro atoms. The van der Waals surface area contributed by atoms with E-state index in [0.717, 1.165) is 4.59 Å². The summed E-state index contributed by atoms with van der Waals surface area (Å²) < 4.78 is 1.06. The summed E-state index contributed by atoms with van der Waals surface area (Å²) in [4.78, 5) is 2.68. The number of nitrogens with one attached hydrogen (secondary N) is 1. The van der Waals surface area contributed by atoms with Crippen LogP contribution in [0.15, 0.2) is 0 Å². The molecule has 0 saturated carbocycles. The van der Waals surface area contributed by atoms with Crippen LogP contribution in [0.25, 0.3) is 0 Å². The van der Waals surface area contributed by atoms with Gasteiger partial charge in [0, 0.05) is 13.1 Å². The molecule has 1 saturated heterocycles. The molecule has 0 radical (unpaired) electrons. The first-order chi connectivity index (χ1) is 14.7. The summed E-state index contributed by atoms with van der Waals surface area (Å²) >= 11 is 0. The zero-order valence-electron chi connectivity index (χ0n) is 21.4. The van der Waals surface area contributed by atoms with Gasteiger partial charge in [-0.3, -0.25) is 0 Å². The van der Waals surface area contributed by atoms with Gasteiger partial charge in [0.2, 0.25) is 0 Å². The Labute approximate surface area is 190 Å². The maximum Gasteiger partial charge on any atom is 0.152 e. The van der Waals surface area contributed by atoms with E-state index in [1.807, 2.05) is 0 Å². The van der Waals surface area contributed by atoms with Crippen molar-refractivity contribution in [1.29, 1.82) is 0 Å². The lowest BCUT2D eigenvalue weighted by atomic mass is 10.0. The van der Waals surface area contributed by atoms with Crippen molar-refractivity contribution in [2.24, 2.45) is 0 Å². The molecule has 3 nitrogen and oxygen atoms in total. The van der Waals surface area contributed by atoms with Crippen LogP contribution >= 0.6 is 0 Å². The molecule has 1 unspecified atom stereocenters. The molecule has 180 valence electrons. The summed E-state index contributed by atoms with van der Waals surface area (Å²) in [7, 11) is 2.37. The van der Waals surface area contributed by atoms with E-state index in [0.29, 0.717) is 0 Å². The third-order valence-electron chi connectivity index (χ3n) is 7.02. The molecule has 1 heterocycles. The SMILES string of the molecule is CCCCCCCCCCCCCCCCCCN1CC[N+](C)(NCCCCC)C1. The first-order valence-electron chi connectivity index (χ1n) is 14.0. The van der Waals surface area contributed by atoms with Crippen molar-refractivity contribution in [2.75, 3.05) is 39.9 Å². The Morgan fingerprint density at radius 1 is 0.600 bits per heavy atom. The fourth-order valence-corrected chi connectivity index (χ4v) is 4.86. The fraction of sp³-hybridized carbons (Fsp3) is 1.00. The summed E-state index contributed by atoms with van der Waals surface area (Å²) in [5, 5.41) is 0. The van der Waals surface area contributed by atoms with Crippen molar-refractivity contribution in [3.63, 3.8) is 0 Å². The smallest absolute Gasteiger partial charge is 0.152 e. The quantitative estimate of drug-likeness (QED) is 0.142. The second kappa shape index (κ2) is 19.6. The van der Waals surface area contributed by atoms with Gasteiger partial charge in [0.05, 0.1) is 13.6 Å². The summed E-state index contributed by atoms with van der Waals surface area (Å²) in [5.41, 5.74) is 3.77. The largest absolute Gasteiger partial charge is 0.249 e. The summed E-state index contributed by atoms with van der Waals surface area (Å²) in [6.07, 6.45) is 27.3. The van der Waals surface area contributed by atoms with Crippen molar-refractivity contribution in [3.8, 4) is 0 Å². The van der Waals surface area contributed by atoms with E-state index in [1.165, 1.54) is 155 Å². The van der Waals surface area contributed by atoms with Gasteiger partial charge < -0.3 is 0 Å². The Morgan fingerprint density at radius 3 is 1.53 bits per heavy atom. The van der Waals surface area contributed by atoms with Gasteiger partial charge >= 0.3 is 0 Å². The van der Waals surface area contributed by atoms with Crippen LogP contribution in [0, 0.1) is 0 Å².